The number of benzene rings is 1. The number of amides is 2. The number of ether oxygens (including phenoxy) is 1. The highest BCUT2D eigenvalue weighted by Gasteiger charge is 2.35. The lowest BCUT2D eigenvalue weighted by atomic mass is 10.1. The van der Waals surface area contributed by atoms with Crippen LogP contribution in [0.15, 0.2) is 47.1 Å². The second kappa shape index (κ2) is 7.21. The Kier molecular flexibility index (Phi) is 4.83. The van der Waals surface area contributed by atoms with Crippen molar-refractivity contribution in [2.75, 3.05) is 19.0 Å². The number of methoxy groups -OCH3 is 1. The highest BCUT2D eigenvalue weighted by molar-refractivity contribution is 6.00. The minimum absolute atomic E-state index is 0.224. The number of nitrogens with zero attached hydrogens (tertiary/aromatic N) is 1. The molecule has 2 aromatic rings. The Morgan fingerprint density at radius 2 is 1.96 bits per heavy atom. The molecule has 1 aliphatic heterocycles. The molecule has 0 saturated carbocycles. The molecule has 1 aromatic heterocycles. The molecule has 130 valence electrons. The van der Waals surface area contributed by atoms with Crippen molar-refractivity contribution in [2.24, 2.45) is 0 Å². The summed E-state index contributed by atoms with van der Waals surface area (Å²) in [5.41, 5.74) is 0.950. The molecule has 3 rings (SSSR count). The molecule has 0 bridgehead atoms. The maximum Gasteiger partial charge on any atom is 0.337 e. The van der Waals surface area contributed by atoms with Crippen molar-refractivity contribution in [3.05, 3.63) is 54.0 Å². The lowest BCUT2D eigenvalue weighted by Gasteiger charge is -2.23. The number of anilines is 1. The van der Waals surface area contributed by atoms with Gasteiger partial charge in [-0.05, 0) is 49.2 Å². The van der Waals surface area contributed by atoms with Gasteiger partial charge in [0.05, 0.1) is 18.9 Å². The van der Waals surface area contributed by atoms with E-state index in [4.69, 9.17) is 4.42 Å². The van der Waals surface area contributed by atoms with Crippen molar-refractivity contribution < 1.29 is 23.5 Å². The third-order valence-electron chi connectivity index (χ3n) is 4.12. The van der Waals surface area contributed by atoms with Crippen LogP contribution in [0, 0.1) is 0 Å². The zero-order chi connectivity index (χ0) is 17.8. The van der Waals surface area contributed by atoms with Crippen molar-refractivity contribution in [1.82, 2.24) is 4.90 Å². The molecule has 0 aliphatic carbocycles. The number of hydrogen-bond acceptors (Lipinski definition) is 5. The SMILES string of the molecule is COC(=O)c1ccc(NC(=O)C2CCCN2C(=O)c2ccco2)cc1. The number of nitrogens with one attached hydrogen (secondary N) is 1. The van der Waals surface area contributed by atoms with E-state index < -0.39 is 12.0 Å². The smallest absolute Gasteiger partial charge is 0.337 e. The predicted octanol–water partition coefficient (Wildman–Crippen LogP) is 2.31. The minimum Gasteiger partial charge on any atom is -0.465 e. The molecule has 2 amide bonds. The van der Waals surface area contributed by atoms with Gasteiger partial charge in [-0.3, -0.25) is 9.59 Å². The van der Waals surface area contributed by atoms with E-state index in [2.05, 4.69) is 10.1 Å². The van der Waals surface area contributed by atoms with Gasteiger partial charge in [-0.25, -0.2) is 4.79 Å². The molecular weight excluding hydrogens is 324 g/mol. The fourth-order valence-corrected chi connectivity index (χ4v) is 2.86. The summed E-state index contributed by atoms with van der Waals surface area (Å²) in [4.78, 5) is 37.9. The van der Waals surface area contributed by atoms with Gasteiger partial charge in [0.15, 0.2) is 5.76 Å². The van der Waals surface area contributed by atoms with Crippen molar-refractivity contribution in [1.29, 1.82) is 0 Å². The first-order valence-corrected chi connectivity index (χ1v) is 7.94. The van der Waals surface area contributed by atoms with Crippen LogP contribution in [0.4, 0.5) is 5.69 Å². The second-order valence-corrected chi connectivity index (χ2v) is 5.69. The highest BCUT2D eigenvalue weighted by Crippen LogP contribution is 2.22. The number of carbonyl (C=O) groups is 3. The van der Waals surface area contributed by atoms with E-state index in [9.17, 15) is 14.4 Å². The quantitative estimate of drug-likeness (QED) is 0.861. The van der Waals surface area contributed by atoms with Gasteiger partial charge in [-0.2, -0.15) is 0 Å². The predicted molar refractivity (Wildman–Crippen MR) is 89.2 cm³/mol. The molecule has 2 heterocycles. The third-order valence-corrected chi connectivity index (χ3v) is 4.12. The largest absolute Gasteiger partial charge is 0.465 e. The summed E-state index contributed by atoms with van der Waals surface area (Å²) in [5, 5.41) is 2.78. The van der Waals surface area contributed by atoms with Crippen molar-refractivity contribution >= 4 is 23.5 Å². The summed E-state index contributed by atoms with van der Waals surface area (Å²) in [7, 11) is 1.31. The van der Waals surface area contributed by atoms with E-state index in [1.807, 2.05) is 0 Å². The fourth-order valence-electron chi connectivity index (χ4n) is 2.86. The van der Waals surface area contributed by atoms with E-state index in [1.165, 1.54) is 18.3 Å². The number of esters is 1. The molecule has 7 heteroatoms. The number of rotatable bonds is 4. The second-order valence-electron chi connectivity index (χ2n) is 5.69. The van der Waals surface area contributed by atoms with Gasteiger partial charge in [-0.15, -0.1) is 0 Å². The van der Waals surface area contributed by atoms with Gasteiger partial charge in [0.1, 0.15) is 6.04 Å². The average Bonchev–Trinajstić information content (AvgIpc) is 3.32. The van der Waals surface area contributed by atoms with Gasteiger partial charge in [-0.1, -0.05) is 0 Å². The number of likely N-dealkylation sites (tertiary alicyclic amines) is 1. The van der Waals surface area contributed by atoms with Gasteiger partial charge >= 0.3 is 5.97 Å². The standard InChI is InChI=1S/C18H18N2O5/c1-24-18(23)12-6-8-13(9-7-12)19-16(21)14-4-2-10-20(14)17(22)15-5-3-11-25-15/h3,5-9,11,14H,2,4,10H2,1H3,(H,19,21). The molecule has 1 N–H and O–H groups in total. The Hall–Kier alpha value is -3.09. The number of carbonyl (C=O) groups excluding carboxylic acids is 3. The van der Waals surface area contributed by atoms with E-state index in [1.54, 1.807) is 36.4 Å². The normalized spacial score (nSPS) is 16.5. The van der Waals surface area contributed by atoms with Crippen molar-refractivity contribution in [2.45, 2.75) is 18.9 Å². The zero-order valence-corrected chi connectivity index (χ0v) is 13.7. The summed E-state index contributed by atoms with van der Waals surface area (Å²) in [6.07, 6.45) is 2.78. The van der Waals surface area contributed by atoms with Crippen LogP contribution >= 0.6 is 0 Å². The van der Waals surface area contributed by atoms with Crippen LogP contribution in [0.2, 0.25) is 0 Å². The molecule has 0 spiro atoms. The zero-order valence-electron chi connectivity index (χ0n) is 13.7. The van der Waals surface area contributed by atoms with Crippen LogP contribution in [-0.4, -0.2) is 42.4 Å². The molecule has 1 atom stereocenters. The van der Waals surface area contributed by atoms with Crippen LogP contribution in [0.5, 0.6) is 0 Å². The topological polar surface area (TPSA) is 88.9 Å². The summed E-state index contributed by atoms with van der Waals surface area (Å²) < 4.78 is 9.77. The van der Waals surface area contributed by atoms with Crippen molar-refractivity contribution in [3.63, 3.8) is 0 Å². The lowest BCUT2D eigenvalue weighted by molar-refractivity contribution is -0.119. The molecule has 25 heavy (non-hydrogen) atoms. The summed E-state index contributed by atoms with van der Waals surface area (Å²) in [6, 6.07) is 9.07. The molecular formula is C18H18N2O5. The van der Waals surface area contributed by atoms with Gasteiger partial charge in [0.25, 0.3) is 5.91 Å². The van der Waals surface area contributed by atoms with Crippen molar-refractivity contribution in [3.8, 4) is 0 Å². The number of hydrogen-bond donors (Lipinski definition) is 1. The molecule has 1 unspecified atom stereocenters. The van der Waals surface area contributed by atoms with Gasteiger partial charge in [0, 0.05) is 12.2 Å². The average molecular weight is 342 g/mol. The Labute approximate surface area is 144 Å². The first kappa shape index (κ1) is 16.8. The Bertz CT molecular complexity index is 767. The van der Waals surface area contributed by atoms with E-state index in [0.29, 0.717) is 24.2 Å². The van der Waals surface area contributed by atoms with Gasteiger partial charge < -0.3 is 19.4 Å². The Morgan fingerprint density at radius 3 is 2.60 bits per heavy atom. The number of furan rings is 1. The molecule has 7 nitrogen and oxygen atoms in total. The minimum atomic E-state index is -0.544. The van der Waals surface area contributed by atoms with Gasteiger partial charge in [0.2, 0.25) is 5.91 Å². The first-order valence-electron chi connectivity index (χ1n) is 7.94. The fraction of sp³-hybridized carbons (Fsp3) is 0.278. The summed E-state index contributed by atoms with van der Waals surface area (Å²) in [6.45, 7) is 0.513. The third kappa shape index (κ3) is 3.55. The lowest BCUT2D eigenvalue weighted by Crippen LogP contribution is -2.43. The Balaban J connectivity index is 1.67. The first-order chi connectivity index (χ1) is 12.1. The highest BCUT2D eigenvalue weighted by atomic mass is 16.5. The maximum absolute atomic E-state index is 12.5. The molecule has 1 saturated heterocycles. The van der Waals surface area contributed by atoms with E-state index >= 15 is 0 Å². The van der Waals surface area contributed by atoms with E-state index in [-0.39, 0.29) is 17.6 Å². The van der Waals surface area contributed by atoms with Crippen LogP contribution in [0.25, 0.3) is 0 Å². The molecule has 1 fully saturated rings. The van der Waals surface area contributed by atoms with Crippen LogP contribution in [-0.2, 0) is 9.53 Å². The van der Waals surface area contributed by atoms with Crippen LogP contribution in [0.3, 0.4) is 0 Å². The maximum atomic E-state index is 12.5. The summed E-state index contributed by atoms with van der Waals surface area (Å²) >= 11 is 0. The van der Waals surface area contributed by atoms with Crippen LogP contribution in [0.1, 0.15) is 33.8 Å². The molecule has 1 aromatic carbocycles. The molecule has 0 radical (unpaired) electrons. The monoisotopic (exact) mass is 342 g/mol. The van der Waals surface area contributed by atoms with E-state index in [0.717, 1.165) is 6.42 Å². The van der Waals surface area contributed by atoms with Crippen LogP contribution < -0.4 is 5.32 Å². The summed E-state index contributed by atoms with van der Waals surface area (Å²) in [5.74, 6) is -0.766. The molecule has 1 aliphatic rings. The Morgan fingerprint density at radius 1 is 1.20 bits per heavy atom.